The molecule has 2 aliphatic rings. The van der Waals surface area contributed by atoms with Crippen LogP contribution in [0.3, 0.4) is 0 Å². The Balaban J connectivity index is 0.000000357. The number of para-hydroxylation sites is 1. The molecule has 278 valence electrons. The number of rotatable bonds is 9. The number of halogens is 3. The Hall–Kier alpha value is -3.78. The predicted octanol–water partition coefficient (Wildman–Crippen LogP) is 3.87. The number of benzene rings is 3. The van der Waals surface area contributed by atoms with Gasteiger partial charge in [-0.25, -0.2) is 4.98 Å². The maximum Gasteiger partial charge on any atom is 0.416 e. The van der Waals surface area contributed by atoms with E-state index in [2.05, 4.69) is 5.32 Å². The summed E-state index contributed by atoms with van der Waals surface area (Å²) in [4.78, 5) is 6.83. The highest BCUT2D eigenvalue weighted by Gasteiger charge is 2.30. The van der Waals surface area contributed by atoms with Crippen LogP contribution in [0.4, 0.5) is 18.9 Å². The summed E-state index contributed by atoms with van der Waals surface area (Å²) in [6.45, 7) is 5.84. The highest BCUT2D eigenvalue weighted by atomic mass is 32.2. The monoisotopic (exact) mass is 753 g/mol. The van der Waals surface area contributed by atoms with E-state index in [9.17, 15) is 34.6 Å². The molecule has 51 heavy (non-hydrogen) atoms. The zero-order chi connectivity index (χ0) is 37.0. The summed E-state index contributed by atoms with van der Waals surface area (Å²) in [6, 6.07) is 20.0. The van der Waals surface area contributed by atoms with E-state index < -0.39 is 38.4 Å². The topological polar surface area (TPSA) is 141 Å². The molecule has 1 atom stereocenters. The largest absolute Gasteiger partial charge is 0.483 e. The van der Waals surface area contributed by atoms with Crippen molar-refractivity contribution in [2.45, 2.75) is 25.7 Å². The van der Waals surface area contributed by atoms with Crippen LogP contribution >= 0.6 is 0 Å². The summed E-state index contributed by atoms with van der Waals surface area (Å²) in [5, 5.41) is 3.10. The molecule has 0 aliphatic carbocycles. The highest BCUT2D eigenvalue weighted by Crippen LogP contribution is 2.32. The quantitative estimate of drug-likeness (QED) is 0.244. The summed E-state index contributed by atoms with van der Waals surface area (Å²) in [5.41, 5.74) is 2.26. The van der Waals surface area contributed by atoms with Crippen LogP contribution in [0.5, 0.6) is 5.75 Å². The van der Waals surface area contributed by atoms with Gasteiger partial charge in [-0.15, -0.1) is 0 Å². The Morgan fingerprint density at radius 2 is 1.51 bits per heavy atom. The molecule has 2 fully saturated rings. The number of hydrogen-bond donors (Lipinski definition) is 2. The fourth-order valence-electron chi connectivity index (χ4n) is 5.82. The molecule has 0 spiro atoms. The van der Waals surface area contributed by atoms with E-state index >= 15 is 0 Å². The molecule has 3 aromatic carbocycles. The van der Waals surface area contributed by atoms with E-state index in [1.807, 2.05) is 64.9 Å². The minimum atomic E-state index is -4.42. The maximum absolute atomic E-state index is 13.1. The lowest BCUT2D eigenvalue weighted by atomic mass is 10.1. The number of nitrogens with zero attached hydrogens (tertiary/aromatic N) is 6. The van der Waals surface area contributed by atoms with E-state index in [0.717, 1.165) is 40.7 Å². The van der Waals surface area contributed by atoms with E-state index in [4.69, 9.17) is 9.72 Å². The maximum atomic E-state index is 13.1. The zero-order valence-corrected chi connectivity index (χ0v) is 30.1. The predicted molar refractivity (Wildman–Crippen MR) is 188 cm³/mol. The van der Waals surface area contributed by atoms with Crippen molar-refractivity contribution in [2.75, 3.05) is 71.4 Å². The number of imidazole rings is 1. The van der Waals surface area contributed by atoms with E-state index in [1.54, 1.807) is 14.1 Å². The number of piperazine rings is 2. The van der Waals surface area contributed by atoms with Crippen LogP contribution in [0.1, 0.15) is 30.0 Å². The van der Waals surface area contributed by atoms with Crippen LogP contribution in [0.2, 0.25) is 0 Å². The number of fused-ring (bicyclic) bond motifs is 1. The van der Waals surface area contributed by atoms with Gasteiger partial charge in [0.05, 0.1) is 16.6 Å². The summed E-state index contributed by atoms with van der Waals surface area (Å²) >= 11 is 0. The summed E-state index contributed by atoms with van der Waals surface area (Å²) < 4.78 is 106. The number of aromatic nitrogens is 2. The number of alkyl halides is 3. The molecule has 2 N–H and O–H groups in total. The van der Waals surface area contributed by atoms with Gasteiger partial charge in [-0.05, 0) is 55.0 Å². The zero-order valence-electron chi connectivity index (χ0n) is 28.5. The Morgan fingerprint density at radius 3 is 2.08 bits per heavy atom. The molecule has 0 saturated carbocycles. The lowest BCUT2D eigenvalue weighted by Crippen LogP contribution is -2.50. The van der Waals surface area contributed by atoms with Crippen molar-refractivity contribution in [2.24, 2.45) is 0 Å². The first-order chi connectivity index (χ1) is 24.0. The number of anilines is 1. The van der Waals surface area contributed by atoms with Crippen molar-refractivity contribution in [1.82, 2.24) is 27.8 Å². The van der Waals surface area contributed by atoms with Crippen LogP contribution in [0, 0.1) is 0 Å². The third-order valence-corrected chi connectivity index (χ3v) is 11.6. The molecule has 0 radical (unpaired) electrons. The first-order valence-electron chi connectivity index (χ1n) is 16.3. The van der Waals surface area contributed by atoms with Crippen LogP contribution in [0.15, 0.2) is 72.8 Å². The van der Waals surface area contributed by atoms with Crippen molar-refractivity contribution in [3.8, 4) is 5.75 Å². The third-order valence-electron chi connectivity index (χ3n) is 8.60. The average Bonchev–Trinajstić information content (AvgIpc) is 3.46. The number of nitrogens with one attached hydrogen (secondary N) is 1. The number of hydrogen-bond acceptors (Lipinski definition) is 8. The van der Waals surface area contributed by atoms with Gasteiger partial charge in [-0.2, -0.15) is 42.9 Å². The summed E-state index contributed by atoms with van der Waals surface area (Å²) in [5.74, 6) is 1.28. The molecular formula is C33H42F3N7O6S2. The van der Waals surface area contributed by atoms with Gasteiger partial charge in [0, 0.05) is 78.7 Å². The molecule has 3 heterocycles. The van der Waals surface area contributed by atoms with Crippen molar-refractivity contribution in [3.05, 3.63) is 89.7 Å². The molecule has 4 aromatic rings. The molecule has 6 rings (SSSR count). The van der Waals surface area contributed by atoms with Gasteiger partial charge in [0.15, 0.2) is 11.9 Å². The van der Waals surface area contributed by atoms with Crippen molar-refractivity contribution < 1.29 is 39.3 Å². The third kappa shape index (κ3) is 9.56. The molecule has 1 unspecified atom stereocenters. The van der Waals surface area contributed by atoms with Crippen molar-refractivity contribution in [3.63, 3.8) is 0 Å². The minimum absolute atomic E-state index is 0.148. The fourth-order valence-corrected chi connectivity index (χ4v) is 7.55. The second-order valence-corrected chi connectivity index (χ2v) is 15.9. The standard InChI is InChI=1S/C27H27F3N4O4S.C6H15N3O2S/c1-19(38-23-5-3-2-4-6-23)26-31-24-12-11-22(32-13-15-33(16-14-32)39(35,36)37)17-25(24)34(26)18-20-7-9-21(10-8-20)27(28,29)30;1-8(2)12(10,11)9-5-3-7-4-6-9/h2-12,17,19H,13-16,18H2,1H3,(H,35,36,37);7H,3-6H2,1-2H3. The van der Waals surface area contributed by atoms with Gasteiger partial charge in [0.25, 0.3) is 10.2 Å². The summed E-state index contributed by atoms with van der Waals surface area (Å²) in [6.07, 6.45) is -4.88. The van der Waals surface area contributed by atoms with Gasteiger partial charge < -0.3 is 19.5 Å². The summed E-state index contributed by atoms with van der Waals surface area (Å²) in [7, 11) is -4.31. The van der Waals surface area contributed by atoms with E-state index in [1.165, 1.54) is 20.7 Å². The first-order valence-corrected chi connectivity index (χ1v) is 19.1. The van der Waals surface area contributed by atoms with E-state index in [-0.39, 0.29) is 19.6 Å². The Labute approximate surface area is 296 Å². The van der Waals surface area contributed by atoms with Crippen LogP contribution < -0.4 is 15.0 Å². The highest BCUT2D eigenvalue weighted by molar-refractivity contribution is 7.86. The Morgan fingerprint density at radius 1 is 0.882 bits per heavy atom. The van der Waals surface area contributed by atoms with Gasteiger partial charge in [0.2, 0.25) is 0 Å². The molecule has 13 nitrogen and oxygen atoms in total. The molecule has 0 amide bonds. The second kappa shape index (κ2) is 15.9. The molecule has 0 bridgehead atoms. The lowest BCUT2D eigenvalue weighted by Gasteiger charge is -2.34. The first kappa shape index (κ1) is 38.5. The van der Waals surface area contributed by atoms with Crippen LogP contribution in [-0.2, 0) is 33.2 Å². The van der Waals surface area contributed by atoms with Crippen LogP contribution in [0.25, 0.3) is 11.0 Å². The number of ether oxygens (including phenoxy) is 1. The minimum Gasteiger partial charge on any atom is -0.483 e. The Bertz CT molecular complexity index is 1980. The fraction of sp³-hybridized carbons (Fsp3) is 0.424. The second-order valence-electron chi connectivity index (χ2n) is 12.3. The van der Waals surface area contributed by atoms with Crippen LogP contribution in [-0.4, -0.2) is 110 Å². The molecular weight excluding hydrogens is 712 g/mol. The Kier molecular flexibility index (Phi) is 12.0. The van der Waals surface area contributed by atoms with Gasteiger partial charge in [-0.3, -0.25) is 4.55 Å². The van der Waals surface area contributed by atoms with Gasteiger partial charge in [-0.1, -0.05) is 30.3 Å². The van der Waals surface area contributed by atoms with Crippen molar-refractivity contribution in [1.29, 1.82) is 0 Å². The molecule has 18 heteroatoms. The normalized spacial score (nSPS) is 17.3. The van der Waals surface area contributed by atoms with E-state index in [0.29, 0.717) is 48.8 Å². The molecule has 1 aromatic heterocycles. The van der Waals surface area contributed by atoms with Gasteiger partial charge >= 0.3 is 16.5 Å². The lowest BCUT2D eigenvalue weighted by molar-refractivity contribution is -0.137. The molecule has 2 saturated heterocycles. The molecule has 2 aliphatic heterocycles. The van der Waals surface area contributed by atoms with Crippen molar-refractivity contribution >= 4 is 37.2 Å². The average molecular weight is 754 g/mol. The smallest absolute Gasteiger partial charge is 0.416 e. The SMILES string of the molecule is CC(Oc1ccccc1)c1nc2ccc(N3CCN(S(=O)(=O)O)CC3)cc2n1Cc1ccc(C(F)(F)F)cc1.CN(C)S(=O)(=O)N1CCNCC1. The van der Waals surface area contributed by atoms with Gasteiger partial charge in [0.1, 0.15) is 5.75 Å².